The molecule has 0 spiro atoms. The number of anilines is 1. The highest BCUT2D eigenvalue weighted by Gasteiger charge is 2.24. The van der Waals surface area contributed by atoms with Crippen molar-refractivity contribution >= 4 is 35.0 Å². The Hall–Kier alpha value is -2.97. The number of benzene rings is 1. The van der Waals surface area contributed by atoms with E-state index in [4.69, 9.17) is 20.4 Å². The molecule has 4 rings (SSSR count). The predicted octanol–water partition coefficient (Wildman–Crippen LogP) is 6.23. The van der Waals surface area contributed by atoms with E-state index in [2.05, 4.69) is 15.3 Å². The normalized spacial score (nSPS) is 12.1. The first-order valence-corrected chi connectivity index (χ1v) is 10.4. The highest BCUT2D eigenvalue weighted by Crippen LogP contribution is 2.35. The number of nitrogens with one attached hydrogen (secondary N) is 2. The third kappa shape index (κ3) is 4.29. The smallest absolute Gasteiger partial charge is 0.237 e. The number of aromatic amines is 1. The summed E-state index contributed by atoms with van der Waals surface area (Å²) in [5.74, 6) is 0.422. The lowest BCUT2D eigenvalue weighted by Gasteiger charge is -2.13. The Morgan fingerprint density at radius 2 is 1.97 bits per heavy atom. The third-order valence-electron chi connectivity index (χ3n) is 4.31. The number of halogens is 2. The van der Waals surface area contributed by atoms with E-state index in [0.717, 1.165) is 0 Å². The molecule has 30 heavy (non-hydrogen) atoms. The summed E-state index contributed by atoms with van der Waals surface area (Å²) in [6, 6.07) is 11.2. The van der Waals surface area contributed by atoms with Gasteiger partial charge >= 0.3 is 0 Å². The van der Waals surface area contributed by atoms with Gasteiger partial charge in [0.05, 0.1) is 22.8 Å². The molecule has 9 heteroatoms. The number of rotatable bonds is 7. The second kappa shape index (κ2) is 8.81. The molecule has 1 atom stereocenters. The second-order valence-electron chi connectivity index (χ2n) is 6.35. The van der Waals surface area contributed by atoms with Gasteiger partial charge in [-0.25, -0.2) is 9.37 Å². The first kappa shape index (κ1) is 20.3. The molecule has 4 aromatic rings. The van der Waals surface area contributed by atoms with Crippen LogP contribution in [0.3, 0.4) is 0 Å². The molecule has 1 unspecified atom stereocenters. The first-order chi connectivity index (χ1) is 14.5. The molecule has 1 amide bonds. The van der Waals surface area contributed by atoms with Gasteiger partial charge in [0.2, 0.25) is 5.91 Å². The highest BCUT2D eigenvalue weighted by atomic mass is 35.5. The number of carbonyl (C=O) groups excluding carboxylic acids is 1. The maximum Gasteiger partial charge on any atom is 0.237 e. The van der Waals surface area contributed by atoms with E-state index in [-0.39, 0.29) is 10.9 Å². The Labute approximate surface area is 180 Å². The fourth-order valence-corrected chi connectivity index (χ4v) is 3.94. The number of thioether (sulfide) groups is 1. The second-order valence-corrected chi connectivity index (χ2v) is 7.95. The van der Waals surface area contributed by atoms with E-state index >= 15 is 0 Å². The van der Waals surface area contributed by atoms with Crippen LogP contribution in [-0.4, -0.2) is 21.1 Å². The molecule has 0 aliphatic carbocycles. The Kier molecular flexibility index (Phi) is 5.96. The number of hydrogen-bond donors (Lipinski definition) is 2. The molecule has 6 nitrogen and oxygen atoms in total. The summed E-state index contributed by atoms with van der Waals surface area (Å²) in [6.07, 6.45) is 3.70. The van der Waals surface area contributed by atoms with E-state index in [9.17, 15) is 9.18 Å². The Morgan fingerprint density at radius 1 is 1.23 bits per heavy atom. The van der Waals surface area contributed by atoms with Gasteiger partial charge in [0, 0.05) is 5.69 Å². The molecule has 0 aliphatic rings. The topological polar surface area (TPSA) is 84.1 Å². The number of H-pyrrole nitrogens is 1. The van der Waals surface area contributed by atoms with E-state index in [0.29, 0.717) is 40.2 Å². The van der Waals surface area contributed by atoms with Crippen molar-refractivity contribution in [1.82, 2.24) is 9.97 Å². The molecule has 0 saturated carbocycles. The van der Waals surface area contributed by atoms with Gasteiger partial charge in [-0.05, 0) is 48.9 Å². The lowest BCUT2D eigenvalue weighted by molar-refractivity contribution is -0.115. The molecule has 0 fully saturated rings. The van der Waals surface area contributed by atoms with Crippen molar-refractivity contribution < 1.29 is 18.0 Å². The molecule has 0 aliphatic heterocycles. The molecule has 3 aromatic heterocycles. The van der Waals surface area contributed by atoms with Crippen LogP contribution in [0.1, 0.15) is 13.3 Å². The van der Waals surface area contributed by atoms with Crippen LogP contribution in [0.15, 0.2) is 69.0 Å². The average Bonchev–Trinajstić information content (AvgIpc) is 3.49. The van der Waals surface area contributed by atoms with Crippen LogP contribution in [0.4, 0.5) is 10.1 Å². The number of nitrogens with zero attached hydrogens (tertiary/aromatic N) is 1. The molecule has 1 aromatic carbocycles. The fraction of sp³-hybridized carbons (Fsp3) is 0.143. The van der Waals surface area contributed by atoms with Gasteiger partial charge in [-0.15, -0.1) is 0 Å². The van der Waals surface area contributed by atoms with Gasteiger partial charge in [0.1, 0.15) is 17.2 Å². The summed E-state index contributed by atoms with van der Waals surface area (Å²) < 4.78 is 24.3. The minimum absolute atomic E-state index is 0.0503. The number of carbonyl (C=O) groups is 1. The predicted molar refractivity (Wildman–Crippen MR) is 114 cm³/mol. The standard InChI is InChI=1S/C21H17ClFN3O3S/c1-2-17(20(27)24-12-7-8-14(23)13(22)11-12)30-21-25-18(15-5-3-9-28-15)19(26-21)16-6-4-10-29-16/h3-11,17H,2H2,1H3,(H,24,27)(H,25,26). The fourth-order valence-electron chi connectivity index (χ4n) is 2.85. The molecular weight excluding hydrogens is 429 g/mol. The molecule has 0 radical (unpaired) electrons. The van der Waals surface area contributed by atoms with Gasteiger partial charge in [0.25, 0.3) is 0 Å². The zero-order valence-corrected chi connectivity index (χ0v) is 17.4. The summed E-state index contributed by atoms with van der Waals surface area (Å²) in [5, 5.41) is 2.83. The van der Waals surface area contributed by atoms with Crippen molar-refractivity contribution in [3.63, 3.8) is 0 Å². The maximum absolute atomic E-state index is 13.3. The molecule has 154 valence electrons. The van der Waals surface area contributed by atoms with Crippen molar-refractivity contribution in [2.24, 2.45) is 0 Å². The lowest BCUT2D eigenvalue weighted by Crippen LogP contribution is -2.24. The van der Waals surface area contributed by atoms with E-state index < -0.39 is 11.1 Å². The van der Waals surface area contributed by atoms with Gasteiger partial charge in [0.15, 0.2) is 16.7 Å². The van der Waals surface area contributed by atoms with Crippen molar-refractivity contribution in [3.05, 3.63) is 65.8 Å². The Bertz CT molecular complexity index is 1090. The van der Waals surface area contributed by atoms with Crippen molar-refractivity contribution in [2.45, 2.75) is 23.8 Å². The number of hydrogen-bond acceptors (Lipinski definition) is 5. The number of imidazole rings is 1. The van der Waals surface area contributed by atoms with Gasteiger partial charge in [-0.1, -0.05) is 30.3 Å². The summed E-state index contributed by atoms with van der Waals surface area (Å²) in [6.45, 7) is 1.90. The van der Waals surface area contributed by atoms with Crippen LogP contribution in [0.2, 0.25) is 5.02 Å². The van der Waals surface area contributed by atoms with Crippen LogP contribution in [0, 0.1) is 5.82 Å². The largest absolute Gasteiger partial charge is 0.463 e. The van der Waals surface area contributed by atoms with Crippen LogP contribution < -0.4 is 5.32 Å². The number of amides is 1. The quantitative estimate of drug-likeness (QED) is 0.329. The van der Waals surface area contributed by atoms with Crippen molar-refractivity contribution in [2.75, 3.05) is 5.32 Å². The lowest BCUT2D eigenvalue weighted by atomic mass is 10.2. The maximum atomic E-state index is 13.3. The minimum atomic E-state index is -0.539. The monoisotopic (exact) mass is 445 g/mol. The summed E-state index contributed by atoms with van der Waals surface area (Å²) in [5.41, 5.74) is 1.69. The van der Waals surface area contributed by atoms with Gasteiger partial charge in [-0.3, -0.25) is 4.79 Å². The SMILES string of the molecule is CCC(Sc1nc(-c2ccco2)c(-c2ccco2)[nH]1)C(=O)Nc1ccc(F)c(Cl)c1. The minimum Gasteiger partial charge on any atom is -0.463 e. The Balaban J connectivity index is 1.56. The van der Waals surface area contributed by atoms with E-state index in [1.165, 1.54) is 30.0 Å². The van der Waals surface area contributed by atoms with Crippen LogP contribution in [-0.2, 0) is 4.79 Å². The average molecular weight is 446 g/mol. The first-order valence-electron chi connectivity index (χ1n) is 9.15. The third-order valence-corrected chi connectivity index (χ3v) is 5.85. The Morgan fingerprint density at radius 3 is 2.60 bits per heavy atom. The molecular formula is C21H17ClFN3O3S. The number of furan rings is 2. The van der Waals surface area contributed by atoms with Crippen LogP contribution in [0.25, 0.3) is 22.9 Å². The zero-order valence-electron chi connectivity index (χ0n) is 15.8. The van der Waals surface area contributed by atoms with E-state index in [1.54, 1.807) is 30.7 Å². The van der Waals surface area contributed by atoms with Crippen LogP contribution >= 0.6 is 23.4 Å². The zero-order chi connectivity index (χ0) is 21.1. The van der Waals surface area contributed by atoms with Crippen molar-refractivity contribution in [1.29, 1.82) is 0 Å². The molecule has 0 saturated heterocycles. The number of aromatic nitrogens is 2. The summed E-state index contributed by atoms with van der Waals surface area (Å²) in [7, 11) is 0. The van der Waals surface area contributed by atoms with Gasteiger partial charge in [-0.2, -0.15) is 0 Å². The van der Waals surface area contributed by atoms with E-state index in [1.807, 2.05) is 13.0 Å². The highest BCUT2D eigenvalue weighted by molar-refractivity contribution is 8.00. The molecule has 0 bridgehead atoms. The van der Waals surface area contributed by atoms with Gasteiger partial charge < -0.3 is 19.1 Å². The molecule has 2 N–H and O–H groups in total. The molecule has 3 heterocycles. The van der Waals surface area contributed by atoms with Crippen LogP contribution in [0.5, 0.6) is 0 Å². The summed E-state index contributed by atoms with van der Waals surface area (Å²) >= 11 is 7.08. The van der Waals surface area contributed by atoms with Crippen molar-refractivity contribution in [3.8, 4) is 22.9 Å². The summed E-state index contributed by atoms with van der Waals surface area (Å²) in [4.78, 5) is 20.6.